The van der Waals surface area contributed by atoms with E-state index in [0.717, 1.165) is 49.9 Å². The number of amides is 1. The van der Waals surface area contributed by atoms with Crippen LogP contribution in [-0.4, -0.2) is 49.6 Å². The monoisotopic (exact) mass is 562 g/mol. The predicted molar refractivity (Wildman–Crippen MR) is 161 cm³/mol. The highest BCUT2D eigenvalue weighted by molar-refractivity contribution is 6.06. The van der Waals surface area contributed by atoms with Crippen LogP contribution in [0.2, 0.25) is 0 Å². The van der Waals surface area contributed by atoms with E-state index in [-0.39, 0.29) is 17.7 Å². The van der Waals surface area contributed by atoms with Gasteiger partial charge in [0.15, 0.2) is 5.82 Å². The lowest BCUT2D eigenvalue weighted by atomic mass is 9.89. The van der Waals surface area contributed by atoms with Gasteiger partial charge in [0.1, 0.15) is 5.75 Å². The maximum Gasteiger partial charge on any atom is 0.259 e. The number of hydrogen-bond donors (Lipinski definition) is 2. The number of nitrogens with one attached hydrogen (secondary N) is 1. The summed E-state index contributed by atoms with van der Waals surface area (Å²) in [4.78, 5) is 15.7. The number of aromatic hydroxyl groups is 1. The minimum absolute atomic E-state index is 0.0110. The first-order valence-electron chi connectivity index (χ1n) is 14.4. The summed E-state index contributed by atoms with van der Waals surface area (Å²) < 4.78 is 7.35. The van der Waals surface area contributed by atoms with E-state index in [0.29, 0.717) is 29.2 Å². The van der Waals surface area contributed by atoms with Gasteiger partial charge in [-0.05, 0) is 80.6 Å². The van der Waals surface area contributed by atoms with Crippen LogP contribution in [-0.2, 0) is 6.42 Å². The van der Waals surface area contributed by atoms with Gasteiger partial charge in [-0.15, -0.1) is 15.3 Å². The number of aromatic nitrogens is 4. The molecule has 9 heteroatoms. The molecule has 6 rings (SSSR count). The quantitative estimate of drug-likeness (QED) is 0.236. The second-order valence-corrected chi connectivity index (χ2v) is 10.7. The summed E-state index contributed by atoms with van der Waals surface area (Å²) in [5, 5.41) is 26.7. The van der Waals surface area contributed by atoms with Crippen molar-refractivity contribution in [2.45, 2.75) is 51.1 Å². The second-order valence-electron chi connectivity index (χ2n) is 10.7. The van der Waals surface area contributed by atoms with E-state index in [9.17, 15) is 9.90 Å². The lowest BCUT2D eigenvalue weighted by molar-refractivity contribution is 0.0967. The summed E-state index contributed by atoms with van der Waals surface area (Å²) in [5.74, 6) is 1.40. The maximum absolute atomic E-state index is 13.9. The molecule has 3 aromatic carbocycles. The van der Waals surface area contributed by atoms with E-state index in [1.165, 1.54) is 11.6 Å². The molecule has 5 aromatic rings. The number of hydrogen-bond acceptors (Lipinski definition) is 7. The van der Waals surface area contributed by atoms with E-state index in [1.54, 1.807) is 34.7 Å². The molecule has 1 aliphatic carbocycles. The summed E-state index contributed by atoms with van der Waals surface area (Å²) in [6.07, 6.45) is 6.49. The second kappa shape index (κ2) is 12.4. The molecular formula is C33H34N6O3. The summed E-state index contributed by atoms with van der Waals surface area (Å²) in [6.45, 7) is 2.68. The highest BCUT2D eigenvalue weighted by atomic mass is 16.4. The van der Waals surface area contributed by atoms with E-state index < -0.39 is 0 Å². The van der Waals surface area contributed by atoms with Crippen molar-refractivity contribution in [3.05, 3.63) is 108 Å². The molecule has 42 heavy (non-hydrogen) atoms. The summed E-state index contributed by atoms with van der Waals surface area (Å²) >= 11 is 0. The van der Waals surface area contributed by atoms with E-state index in [4.69, 9.17) is 9.52 Å². The number of nitrogens with zero attached hydrogens (tertiary/aromatic N) is 5. The molecule has 1 aliphatic rings. The third kappa shape index (κ3) is 6.26. The van der Waals surface area contributed by atoms with Crippen LogP contribution >= 0.6 is 0 Å². The zero-order valence-corrected chi connectivity index (χ0v) is 23.6. The first-order valence-corrected chi connectivity index (χ1v) is 14.4. The Balaban J connectivity index is 1.20. The molecule has 2 N–H and O–H groups in total. The first kappa shape index (κ1) is 27.4. The van der Waals surface area contributed by atoms with Crippen LogP contribution in [0.1, 0.15) is 47.5 Å². The highest BCUT2D eigenvalue weighted by Gasteiger charge is 2.32. The summed E-state index contributed by atoms with van der Waals surface area (Å²) in [6, 6.07) is 27.0. The average Bonchev–Trinajstić information content (AvgIpc) is 3.68. The minimum atomic E-state index is -0.174. The number of rotatable bonds is 9. The standard InChI is InChI=1S/C33H34N6O3/c1-23-35-36-32(42-23)25-9-5-11-29(21-25)38-20-18-31(37-38)39(33(41)26-10-6-12-30(40)22-26)28-15-13-27(14-16-28)34-19-17-24-7-3-2-4-8-24/h2-12,18,20-22,27-28,34,40H,13-17,19H2,1H3. The largest absolute Gasteiger partial charge is 0.508 e. The van der Waals surface area contributed by atoms with Crippen LogP contribution in [0, 0.1) is 6.92 Å². The van der Waals surface area contributed by atoms with Gasteiger partial charge in [-0.1, -0.05) is 42.5 Å². The number of phenols is 1. The van der Waals surface area contributed by atoms with E-state index in [2.05, 4.69) is 39.8 Å². The highest BCUT2D eigenvalue weighted by Crippen LogP contribution is 2.30. The lowest BCUT2D eigenvalue weighted by Crippen LogP contribution is -2.46. The van der Waals surface area contributed by atoms with Crippen LogP contribution in [0.3, 0.4) is 0 Å². The Morgan fingerprint density at radius 3 is 2.55 bits per heavy atom. The van der Waals surface area contributed by atoms with Crippen molar-refractivity contribution in [3.63, 3.8) is 0 Å². The van der Waals surface area contributed by atoms with Crippen molar-refractivity contribution in [1.82, 2.24) is 25.3 Å². The molecule has 0 radical (unpaired) electrons. The van der Waals surface area contributed by atoms with Crippen LogP contribution in [0.4, 0.5) is 5.82 Å². The van der Waals surface area contributed by atoms with Gasteiger partial charge in [0.2, 0.25) is 11.8 Å². The van der Waals surface area contributed by atoms with Crippen molar-refractivity contribution >= 4 is 11.7 Å². The van der Waals surface area contributed by atoms with Gasteiger partial charge in [-0.3, -0.25) is 9.69 Å². The van der Waals surface area contributed by atoms with Gasteiger partial charge in [-0.25, -0.2) is 4.68 Å². The number of carbonyl (C=O) groups excluding carboxylic acids is 1. The molecule has 0 atom stereocenters. The fourth-order valence-electron chi connectivity index (χ4n) is 5.62. The van der Waals surface area contributed by atoms with E-state index >= 15 is 0 Å². The maximum atomic E-state index is 13.9. The van der Waals surface area contributed by atoms with Crippen molar-refractivity contribution in [2.24, 2.45) is 0 Å². The van der Waals surface area contributed by atoms with Crippen LogP contribution in [0.5, 0.6) is 5.75 Å². The Labute approximate surface area is 244 Å². The van der Waals surface area contributed by atoms with Gasteiger partial charge in [-0.2, -0.15) is 0 Å². The van der Waals surface area contributed by atoms with Crippen molar-refractivity contribution in [1.29, 1.82) is 0 Å². The molecule has 0 saturated heterocycles. The molecule has 9 nitrogen and oxygen atoms in total. The summed E-state index contributed by atoms with van der Waals surface area (Å²) in [5.41, 5.74) is 3.36. The Morgan fingerprint density at radius 2 is 1.79 bits per heavy atom. The van der Waals surface area contributed by atoms with Crippen LogP contribution < -0.4 is 10.2 Å². The fraction of sp³-hybridized carbons (Fsp3) is 0.273. The van der Waals surface area contributed by atoms with Gasteiger partial charge < -0.3 is 14.8 Å². The first-order chi connectivity index (χ1) is 20.5. The van der Waals surface area contributed by atoms with Crippen molar-refractivity contribution < 1.29 is 14.3 Å². The van der Waals surface area contributed by atoms with Crippen molar-refractivity contribution in [2.75, 3.05) is 11.4 Å². The zero-order chi connectivity index (χ0) is 28.9. The number of carbonyl (C=O) groups is 1. The Hall–Kier alpha value is -4.76. The van der Waals surface area contributed by atoms with E-state index in [1.807, 2.05) is 42.6 Å². The zero-order valence-electron chi connectivity index (χ0n) is 23.6. The van der Waals surface area contributed by atoms with Gasteiger partial charge >= 0.3 is 0 Å². The summed E-state index contributed by atoms with van der Waals surface area (Å²) in [7, 11) is 0. The third-order valence-corrected chi connectivity index (χ3v) is 7.77. The Bertz CT molecular complexity index is 1640. The van der Waals surface area contributed by atoms with Gasteiger partial charge in [0, 0.05) is 42.4 Å². The molecule has 2 aromatic heterocycles. The number of phenolic OH excluding ortho intramolecular Hbond substituents is 1. The number of aryl methyl sites for hydroxylation is 1. The molecule has 1 amide bonds. The van der Waals surface area contributed by atoms with Gasteiger partial charge in [0.25, 0.3) is 5.91 Å². The number of anilines is 1. The topological polar surface area (TPSA) is 109 Å². The Morgan fingerprint density at radius 1 is 0.976 bits per heavy atom. The van der Waals surface area contributed by atoms with Crippen LogP contribution in [0.25, 0.3) is 17.1 Å². The molecule has 0 aliphatic heterocycles. The lowest BCUT2D eigenvalue weighted by Gasteiger charge is -2.36. The molecule has 1 fully saturated rings. The molecular weight excluding hydrogens is 528 g/mol. The minimum Gasteiger partial charge on any atom is -0.508 e. The number of benzene rings is 3. The normalized spacial score (nSPS) is 16.8. The predicted octanol–water partition coefficient (Wildman–Crippen LogP) is 5.73. The van der Waals surface area contributed by atoms with Crippen LogP contribution in [0.15, 0.2) is 95.5 Å². The molecule has 1 saturated carbocycles. The average molecular weight is 563 g/mol. The SMILES string of the molecule is Cc1nnc(-c2cccc(-n3ccc(N(C(=O)c4cccc(O)c4)C4CCC(NCCc5ccccc5)CC4)n3)c2)o1. The fourth-order valence-corrected chi connectivity index (χ4v) is 5.62. The molecule has 214 valence electrons. The third-order valence-electron chi connectivity index (χ3n) is 7.77. The molecule has 0 spiro atoms. The smallest absolute Gasteiger partial charge is 0.259 e. The Kier molecular flexibility index (Phi) is 8.09. The van der Waals surface area contributed by atoms with Gasteiger partial charge in [0.05, 0.1) is 5.69 Å². The van der Waals surface area contributed by atoms with Crippen molar-refractivity contribution in [3.8, 4) is 22.9 Å². The molecule has 2 heterocycles. The molecule has 0 bridgehead atoms. The molecule has 0 unspecified atom stereocenters.